The van der Waals surface area contributed by atoms with E-state index < -0.39 is 11.5 Å². The van der Waals surface area contributed by atoms with Gasteiger partial charge < -0.3 is 10.4 Å². The Bertz CT molecular complexity index is 486. The van der Waals surface area contributed by atoms with Crippen LogP contribution in [0.2, 0.25) is 5.02 Å². The van der Waals surface area contributed by atoms with Crippen LogP contribution in [0.25, 0.3) is 0 Å². The summed E-state index contributed by atoms with van der Waals surface area (Å²) in [6.45, 7) is 2.56. The molecule has 1 aromatic rings. The van der Waals surface area contributed by atoms with Gasteiger partial charge in [-0.15, -0.1) is 0 Å². The maximum Gasteiger partial charge on any atom is 0.245 e. The Labute approximate surface area is 135 Å². The van der Waals surface area contributed by atoms with Crippen LogP contribution in [0.15, 0.2) is 24.3 Å². The molecule has 0 saturated carbocycles. The third kappa shape index (κ3) is 4.64. The maximum atomic E-state index is 13.1. The van der Waals surface area contributed by atoms with E-state index in [9.17, 15) is 13.9 Å². The van der Waals surface area contributed by atoms with Gasteiger partial charge in [-0.05, 0) is 56.8 Å². The number of alkyl halides is 2. The molecule has 2 rings (SSSR count). The van der Waals surface area contributed by atoms with Crippen molar-refractivity contribution in [2.24, 2.45) is 5.92 Å². The van der Waals surface area contributed by atoms with Crippen LogP contribution in [0.4, 0.5) is 8.78 Å². The quantitative estimate of drug-likeness (QED) is 0.812. The lowest BCUT2D eigenvalue weighted by Gasteiger charge is -2.39. The second kappa shape index (κ2) is 7.24. The van der Waals surface area contributed by atoms with E-state index in [0.29, 0.717) is 18.0 Å². The van der Waals surface area contributed by atoms with Crippen LogP contribution in [0.1, 0.15) is 44.6 Å². The lowest BCUT2D eigenvalue weighted by Crippen LogP contribution is -2.44. The van der Waals surface area contributed by atoms with Crippen LogP contribution in [0.5, 0.6) is 0 Å². The average molecular weight is 332 g/mol. The predicted octanol–water partition coefficient (Wildman–Crippen LogP) is 4.35. The van der Waals surface area contributed by atoms with Crippen LogP contribution in [0.3, 0.4) is 0 Å². The van der Waals surface area contributed by atoms with Gasteiger partial charge in [-0.3, -0.25) is 0 Å². The molecule has 0 amide bonds. The first-order chi connectivity index (χ1) is 10.3. The van der Waals surface area contributed by atoms with E-state index in [2.05, 4.69) is 5.32 Å². The molecule has 2 atom stereocenters. The molecule has 1 aliphatic rings. The zero-order valence-corrected chi connectivity index (χ0v) is 13.7. The molecule has 0 aromatic heterocycles. The van der Waals surface area contributed by atoms with Gasteiger partial charge in [0.15, 0.2) is 0 Å². The average Bonchev–Trinajstić information content (AvgIpc) is 2.46. The van der Waals surface area contributed by atoms with Crippen LogP contribution < -0.4 is 5.32 Å². The van der Waals surface area contributed by atoms with E-state index in [-0.39, 0.29) is 18.8 Å². The number of hydrogen-bond acceptors (Lipinski definition) is 2. The summed E-state index contributed by atoms with van der Waals surface area (Å²) in [6.07, 6.45) is 2.26. The Hall–Kier alpha value is -0.710. The summed E-state index contributed by atoms with van der Waals surface area (Å²) in [5.41, 5.74) is -0.378. The summed E-state index contributed by atoms with van der Waals surface area (Å²) in [7, 11) is 0. The fourth-order valence-electron chi connectivity index (χ4n) is 3.27. The van der Waals surface area contributed by atoms with Gasteiger partial charge in [-0.2, -0.15) is 0 Å². The fourth-order valence-corrected chi connectivity index (χ4v) is 3.46. The minimum absolute atomic E-state index is 0.0187. The van der Waals surface area contributed by atoms with Gasteiger partial charge in [0.05, 0.1) is 5.60 Å². The summed E-state index contributed by atoms with van der Waals surface area (Å²) in [5, 5.41) is 15.1. The van der Waals surface area contributed by atoms with E-state index in [0.717, 1.165) is 31.9 Å². The standard InChI is InChI=1S/C17H24ClF2NO/c1-16(19,20)8-4-9-17(22,14-6-3-10-21-12-14)13-5-2-7-15(18)11-13/h2,5,7,11,14,21-22H,3-4,6,8-10,12H2,1H3. The highest BCUT2D eigenvalue weighted by Gasteiger charge is 2.39. The van der Waals surface area contributed by atoms with Gasteiger partial charge in [0.1, 0.15) is 0 Å². The van der Waals surface area contributed by atoms with E-state index in [1.807, 2.05) is 6.07 Å². The first-order valence-corrected chi connectivity index (χ1v) is 8.26. The third-order valence-corrected chi connectivity index (χ3v) is 4.71. The van der Waals surface area contributed by atoms with E-state index in [1.54, 1.807) is 18.2 Å². The van der Waals surface area contributed by atoms with E-state index in [4.69, 9.17) is 11.6 Å². The molecule has 2 nitrogen and oxygen atoms in total. The third-order valence-electron chi connectivity index (χ3n) is 4.47. The smallest absolute Gasteiger partial charge is 0.245 e. The van der Waals surface area contributed by atoms with Crippen molar-refractivity contribution in [3.05, 3.63) is 34.9 Å². The highest BCUT2D eigenvalue weighted by atomic mass is 35.5. The molecule has 1 aliphatic heterocycles. The summed E-state index contributed by atoms with van der Waals surface area (Å²) in [5.74, 6) is -2.68. The normalized spacial score (nSPS) is 22.3. The monoisotopic (exact) mass is 331 g/mol. The van der Waals surface area contributed by atoms with Gasteiger partial charge in [0.25, 0.3) is 0 Å². The van der Waals surface area contributed by atoms with Gasteiger partial charge in [0, 0.05) is 23.9 Å². The minimum atomic E-state index is -2.69. The molecule has 22 heavy (non-hydrogen) atoms. The lowest BCUT2D eigenvalue weighted by atomic mass is 9.74. The van der Waals surface area contributed by atoms with E-state index >= 15 is 0 Å². The second-order valence-corrected chi connectivity index (χ2v) is 6.84. The minimum Gasteiger partial charge on any atom is -0.385 e. The topological polar surface area (TPSA) is 32.3 Å². The van der Waals surface area contributed by atoms with Crippen LogP contribution in [0, 0.1) is 5.92 Å². The Kier molecular flexibility index (Phi) is 5.81. The fraction of sp³-hybridized carbons (Fsp3) is 0.647. The molecule has 0 aliphatic carbocycles. The van der Waals surface area contributed by atoms with Gasteiger partial charge in [-0.25, -0.2) is 8.78 Å². The highest BCUT2D eigenvalue weighted by molar-refractivity contribution is 6.30. The van der Waals surface area contributed by atoms with Crippen LogP contribution >= 0.6 is 11.6 Å². The summed E-state index contributed by atoms with van der Waals surface area (Å²) in [6, 6.07) is 7.14. The second-order valence-electron chi connectivity index (χ2n) is 6.40. The van der Waals surface area contributed by atoms with Gasteiger partial charge in [0.2, 0.25) is 5.92 Å². The summed E-state index contributed by atoms with van der Waals surface area (Å²) >= 11 is 6.05. The molecule has 1 heterocycles. The van der Waals surface area contributed by atoms with Gasteiger partial charge in [-0.1, -0.05) is 23.7 Å². The first-order valence-electron chi connectivity index (χ1n) is 7.88. The number of rotatable bonds is 6. The molecule has 1 saturated heterocycles. The zero-order valence-electron chi connectivity index (χ0n) is 12.9. The zero-order chi connectivity index (χ0) is 16.2. The molecule has 2 unspecified atom stereocenters. The van der Waals surface area contributed by atoms with Crippen molar-refractivity contribution in [2.45, 2.75) is 50.6 Å². The molecular weight excluding hydrogens is 308 g/mol. The molecule has 2 N–H and O–H groups in total. The Balaban J connectivity index is 2.19. The summed E-state index contributed by atoms with van der Waals surface area (Å²) < 4.78 is 26.2. The van der Waals surface area contributed by atoms with E-state index in [1.165, 1.54) is 0 Å². The van der Waals surface area contributed by atoms with Crippen LogP contribution in [-0.4, -0.2) is 24.1 Å². The Morgan fingerprint density at radius 3 is 2.73 bits per heavy atom. The number of aliphatic hydroxyl groups is 1. The van der Waals surface area contributed by atoms with Crippen molar-refractivity contribution in [1.29, 1.82) is 0 Å². The molecule has 0 bridgehead atoms. The number of benzene rings is 1. The largest absolute Gasteiger partial charge is 0.385 e. The SMILES string of the molecule is CC(F)(F)CCCC(O)(c1cccc(Cl)c1)C1CCCNC1. The lowest BCUT2D eigenvalue weighted by molar-refractivity contribution is -0.0520. The molecule has 0 spiro atoms. The first kappa shape index (κ1) is 17.6. The van der Waals surface area contributed by atoms with Crippen molar-refractivity contribution in [3.63, 3.8) is 0 Å². The van der Waals surface area contributed by atoms with Crippen molar-refractivity contribution >= 4 is 11.6 Å². The number of halogens is 3. The summed E-state index contributed by atoms with van der Waals surface area (Å²) in [4.78, 5) is 0. The highest BCUT2D eigenvalue weighted by Crippen LogP contribution is 2.39. The Morgan fingerprint density at radius 2 is 2.14 bits per heavy atom. The van der Waals surface area contributed by atoms with Crippen molar-refractivity contribution in [3.8, 4) is 0 Å². The number of piperidine rings is 1. The maximum absolute atomic E-state index is 13.1. The Morgan fingerprint density at radius 1 is 1.36 bits per heavy atom. The van der Waals surface area contributed by atoms with Gasteiger partial charge >= 0.3 is 0 Å². The van der Waals surface area contributed by atoms with Crippen molar-refractivity contribution < 1.29 is 13.9 Å². The van der Waals surface area contributed by atoms with Crippen molar-refractivity contribution in [1.82, 2.24) is 5.32 Å². The number of hydrogen-bond donors (Lipinski definition) is 2. The van der Waals surface area contributed by atoms with Crippen LogP contribution in [-0.2, 0) is 5.60 Å². The van der Waals surface area contributed by atoms with Crippen molar-refractivity contribution in [2.75, 3.05) is 13.1 Å². The molecule has 1 aromatic carbocycles. The molecule has 0 radical (unpaired) electrons. The molecule has 124 valence electrons. The molecular formula is C17H24ClF2NO. The molecule has 5 heteroatoms. The number of nitrogens with one attached hydrogen (secondary N) is 1. The molecule has 1 fully saturated rings. The predicted molar refractivity (Wildman–Crippen MR) is 85.4 cm³/mol.